The Kier molecular flexibility index (Phi) is 19.6. The van der Waals surface area contributed by atoms with Crippen molar-refractivity contribution < 1.29 is 19.7 Å². The van der Waals surface area contributed by atoms with Gasteiger partial charge in [0.05, 0.1) is 6.67 Å². The van der Waals surface area contributed by atoms with Crippen LogP contribution in [0.2, 0.25) is 0 Å². The molecule has 0 fully saturated rings. The first-order valence-corrected chi connectivity index (χ1v) is 5.42. The van der Waals surface area contributed by atoms with Gasteiger partial charge in [0.2, 0.25) is 0 Å². The topological polar surface area (TPSA) is 62.2 Å². The Bertz CT molecular complexity index is 465. The van der Waals surface area contributed by atoms with Gasteiger partial charge < -0.3 is 14.9 Å². The molecule has 1 aromatic rings. The van der Waals surface area contributed by atoms with Crippen LogP contribution in [0.5, 0.6) is 5.75 Å². The first-order chi connectivity index (χ1) is 8.63. The second-order valence-electron chi connectivity index (χ2n) is 4.02. The van der Waals surface area contributed by atoms with E-state index in [0.717, 1.165) is 18.8 Å². The van der Waals surface area contributed by atoms with E-state index >= 15 is 0 Å². The summed E-state index contributed by atoms with van der Waals surface area (Å²) >= 11 is 0. The van der Waals surface area contributed by atoms with Crippen molar-refractivity contribution in [3.05, 3.63) is 42.2 Å². The molecule has 0 aromatic heterocycles. The number of halogens is 4. The molecule has 1 aromatic carbocycles. The number of hydrogen-bond donors (Lipinski definition) is 1. The van der Waals surface area contributed by atoms with Crippen molar-refractivity contribution in [2.45, 2.75) is 6.54 Å². The second-order valence-corrected chi connectivity index (χ2v) is 4.02. The van der Waals surface area contributed by atoms with E-state index in [0.29, 0.717) is 5.75 Å². The average molecular weight is 426 g/mol. The van der Waals surface area contributed by atoms with Gasteiger partial charge in [-0.15, -0.1) is 49.6 Å². The quantitative estimate of drug-likeness (QED) is 0.454. The minimum atomic E-state index is -1.47. The van der Waals surface area contributed by atoms with Gasteiger partial charge in [-0.1, -0.05) is 12.1 Å². The van der Waals surface area contributed by atoms with E-state index in [4.69, 9.17) is 5.11 Å². The van der Waals surface area contributed by atoms with E-state index in [1.165, 1.54) is 0 Å². The van der Waals surface area contributed by atoms with Crippen molar-refractivity contribution in [1.82, 2.24) is 9.80 Å². The van der Waals surface area contributed by atoms with Gasteiger partial charge in [0.15, 0.2) is 23.1 Å². The minimum Gasteiger partial charge on any atom is -0.447 e. The van der Waals surface area contributed by atoms with Crippen LogP contribution in [-0.2, 0) is 11.4 Å². The molecule has 11 heteroatoms. The highest BCUT2D eigenvalue weighted by Gasteiger charge is 2.09. The van der Waals surface area contributed by atoms with Crippen molar-refractivity contribution in [2.75, 3.05) is 13.7 Å². The summed E-state index contributed by atoms with van der Waals surface area (Å²) in [7, 11) is 2.01. The van der Waals surface area contributed by atoms with Crippen LogP contribution in [0.15, 0.2) is 36.7 Å². The molecule has 134 valence electrons. The van der Waals surface area contributed by atoms with E-state index < -0.39 is 6.16 Å². The van der Waals surface area contributed by atoms with Crippen LogP contribution >= 0.6 is 49.6 Å². The maximum absolute atomic E-state index is 10.1. The zero-order chi connectivity index (χ0) is 13.0. The Morgan fingerprint density at radius 2 is 1.70 bits per heavy atom. The van der Waals surface area contributed by atoms with E-state index in [1.807, 2.05) is 31.6 Å². The summed E-state index contributed by atoms with van der Waals surface area (Å²) in [5.74, 6) is 0.357. The Morgan fingerprint density at radius 1 is 1.13 bits per heavy atom. The van der Waals surface area contributed by atoms with Crippen LogP contribution in [0.1, 0.15) is 5.56 Å². The number of carboxylic acid groups (broad SMARTS) is 1. The van der Waals surface area contributed by atoms with Crippen LogP contribution in [0.3, 0.4) is 0 Å². The van der Waals surface area contributed by atoms with Crippen LogP contribution in [0, 0.1) is 0 Å². The monoisotopic (exact) mass is 424 g/mol. The second kappa shape index (κ2) is 14.9. The third kappa shape index (κ3) is 10.7. The van der Waals surface area contributed by atoms with Crippen molar-refractivity contribution in [3.63, 3.8) is 0 Å². The van der Waals surface area contributed by atoms with Crippen molar-refractivity contribution >= 4 is 73.1 Å². The highest BCUT2D eigenvalue weighted by molar-refractivity contribution is 5.86. The lowest BCUT2D eigenvalue weighted by atomic mass is 10.2. The molecule has 1 aliphatic rings. The maximum Gasteiger partial charge on any atom is 0.547 e. The number of hydrogen-bond acceptors (Lipinski definition) is 5. The molecule has 6 nitrogen and oxygen atoms in total. The maximum atomic E-state index is 10.1. The van der Waals surface area contributed by atoms with E-state index in [2.05, 4.69) is 19.6 Å². The number of rotatable bonds is 4. The SMILES string of the molecule is CN1C=CN(Cc2ccc(OOC(=O)O)cc2)C1.Cl.Cl.Cl.Cl.[AlH3]. The predicted molar refractivity (Wildman–Crippen MR) is 102 cm³/mol. The summed E-state index contributed by atoms with van der Waals surface area (Å²) in [5, 5.41) is 8.28. The lowest BCUT2D eigenvalue weighted by Crippen LogP contribution is -2.21. The molecule has 0 bridgehead atoms. The Morgan fingerprint density at radius 3 is 2.13 bits per heavy atom. The standard InChI is InChI=1S/C12H14N2O4.Al.4ClH.3H/c1-13-6-7-14(9-13)8-10-2-4-11(5-3-10)17-18-12(15)16;;;;;;;;/h2-7H,8-9H2,1H3,(H,15,16);;4*1H;;;. The summed E-state index contributed by atoms with van der Waals surface area (Å²) < 4.78 is 0. The van der Waals surface area contributed by atoms with Gasteiger partial charge in [-0.2, -0.15) is 0 Å². The van der Waals surface area contributed by atoms with E-state index in [9.17, 15) is 4.79 Å². The van der Waals surface area contributed by atoms with Crippen LogP contribution < -0.4 is 4.89 Å². The smallest absolute Gasteiger partial charge is 0.447 e. The normalized spacial score (nSPS) is 10.8. The van der Waals surface area contributed by atoms with Crippen LogP contribution in [0.4, 0.5) is 4.79 Å². The Labute approximate surface area is 170 Å². The van der Waals surface area contributed by atoms with Gasteiger partial charge in [0.25, 0.3) is 0 Å². The summed E-state index contributed by atoms with van der Waals surface area (Å²) in [4.78, 5) is 22.9. The van der Waals surface area contributed by atoms with Gasteiger partial charge in [-0.3, -0.25) is 4.89 Å². The summed E-state index contributed by atoms with van der Waals surface area (Å²) in [6, 6.07) is 7.07. The average Bonchev–Trinajstić information content (AvgIpc) is 2.74. The molecular formula is C12H21AlCl4N2O4. The minimum absolute atomic E-state index is 0. The largest absolute Gasteiger partial charge is 0.547 e. The van der Waals surface area contributed by atoms with Gasteiger partial charge in [0.1, 0.15) is 0 Å². The molecule has 0 saturated heterocycles. The molecule has 0 unspecified atom stereocenters. The highest BCUT2D eigenvalue weighted by Crippen LogP contribution is 2.15. The molecular weight excluding hydrogens is 405 g/mol. The molecule has 1 N–H and O–H groups in total. The molecule has 0 atom stereocenters. The molecule has 0 radical (unpaired) electrons. The summed E-state index contributed by atoms with van der Waals surface area (Å²) in [6.07, 6.45) is 2.57. The van der Waals surface area contributed by atoms with Gasteiger partial charge in [-0.05, 0) is 17.7 Å². The third-order valence-corrected chi connectivity index (χ3v) is 2.45. The van der Waals surface area contributed by atoms with Gasteiger partial charge >= 0.3 is 6.16 Å². The number of nitrogens with zero attached hydrogens (tertiary/aromatic N) is 2. The first-order valence-electron chi connectivity index (χ1n) is 5.42. The lowest BCUT2D eigenvalue weighted by molar-refractivity contribution is -0.161. The summed E-state index contributed by atoms with van der Waals surface area (Å²) in [6.45, 7) is 1.65. The molecule has 0 amide bonds. The predicted octanol–water partition coefficient (Wildman–Crippen LogP) is 2.35. The summed E-state index contributed by atoms with van der Waals surface area (Å²) in [5.41, 5.74) is 1.11. The van der Waals surface area contributed by atoms with E-state index in [1.54, 1.807) is 12.1 Å². The number of benzene rings is 1. The molecule has 23 heavy (non-hydrogen) atoms. The fraction of sp³-hybridized carbons (Fsp3) is 0.250. The highest BCUT2D eigenvalue weighted by atomic mass is 35.5. The lowest BCUT2D eigenvalue weighted by Gasteiger charge is -2.18. The van der Waals surface area contributed by atoms with Crippen molar-refractivity contribution in [3.8, 4) is 5.75 Å². The zero-order valence-corrected chi connectivity index (χ0v) is 14.8. The Hall–Kier alpha value is -0.678. The van der Waals surface area contributed by atoms with E-state index in [-0.39, 0.29) is 67.0 Å². The fourth-order valence-corrected chi connectivity index (χ4v) is 1.66. The van der Waals surface area contributed by atoms with Crippen molar-refractivity contribution in [2.24, 2.45) is 0 Å². The molecule has 1 aliphatic heterocycles. The number of carbonyl (C=O) groups is 1. The molecule has 0 spiro atoms. The van der Waals surface area contributed by atoms with Crippen molar-refractivity contribution in [1.29, 1.82) is 0 Å². The fourth-order valence-electron chi connectivity index (χ4n) is 1.66. The van der Waals surface area contributed by atoms with Crippen LogP contribution in [0.25, 0.3) is 0 Å². The first kappa shape index (κ1) is 30.2. The molecule has 0 aliphatic carbocycles. The molecule has 2 rings (SSSR count). The van der Waals surface area contributed by atoms with Gasteiger partial charge in [-0.25, -0.2) is 9.68 Å². The Balaban J connectivity index is -0.000000361. The molecule has 0 saturated carbocycles. The zero-order valence-electron chi connectivity index (χ0n) is 11.6. The third-order valence-electron chi connectivity index (χ3n) is 2.45. The van der Waals surface area contributed by atoms with Crippen LogP contribution in [-0.4, -0.2) is 52.1 Å². The van der Waals surface area contributed by atoms with Gasteiger partial charge in [0, 0.05) is 26.0 Å². The molecule has 1 heterocycles.